The van der Waals surface area contributed by atoms with E-state index in [0.29, 0.717) is 0 Å². The average molecular weight is 321 g/mol. The number of fused-ring (bicyclic) bond motifs is 1. The third-order valence-electron chi connectivity index (χ3n) is 5.16. The standard InChI is InChI=1S/C18H28N2OS/c1-19-10-7-14-8-11-20(12-9-14)18(21)17-13-15-5-3-2-4-6-16(15)22-17/h13-14,19H,2-12H2,1H3. The van der Waals surface area contributed by atoms with Gasteiger partial charge in [0.05, 0.1) is 4.88 Å². The molecule has 0 saturated carbocycles. The number of piperidine rings is 1. The molecule has 0 bridgehead atoms. The fourth-order valence-electron chi connectivity index (χ4n) is 3.70. The van der Waals surface area contributed by atoms with E-state index >= 15 is 0 Å². The molecule has 0 atom stereocenters. The maximum Gasteiger partial charge on any atom is 0.263 e. The molecule has 1 amide bonds. The van der Waals surface area contributed by atoms with Gasteiger partial charge in [0, 0.05) is 18.0 Å². The smallest absolute Gasteiger partial charge is 0.263 e. The van der Waals surface area contributed by atoms with Crippen LogP contribution in [0.5, 0.6) is 0 Å². The van der Waals surface area contributed by atoms with Gasteiger partial charge in [0.2, 0.25) is 0 Å². The normalized spacial score (nSPS) is 19.8. The lowest BCUT2D eigenvalue weighted by molar-refractivity contribution is 0.0692. The topological polar surface area (TPSA) is 32.3 Å². The number of thiophene rings is 1. The van der Waals surface area contributed by atoms with Crippen molar-refractivity contribution in [2.24, 2.45) is 5.92 Å². The summed E-state index contributed by atoms with van der Waals surface area (Å²) in [7, 11) is 2.01. The minimum Gasteiger partial charge on any atom is -0.338 e. The molecule has 2 aliphatic rings. The van der Waals surface area contributed by atoms with Gasteiger partial charge in [0.1, 0.15) is 0 Å². The van der Waals surface area contributed by atoms with E-state index in [1.165, 1.54) is 61.8 Å². The van der Waals surface area contributed by atoms with Gasteiger partial charge in [0.25, 0.3) is 5.91 Å². The summed E-state index contributed by atoms with van der Waals surface area (Å²) in [6.07, 6.45) is 9.84. The minimum absolute atomic E-state index is 0.283. The Balaban J connectivity index is 1.58. The molecule has 4 heteroatoms. The summed E-state index contributed by atoms with van der Waals surface area (Å²) in [5.74, 6) is 1.07. The second kappa shape index (κ2) is 7.60. The molecule has 0 aromatic carbocycles. The van der Waals surface area contributed by atoms with Crippen LogP contribution >= 0.6 is 11.3 Å². The first-order chi connectivity index (χ1) is 10.8. The number of hydrogen-bond acceptors (Lipinski definition) is 3. The average Bonchev–Trinajstić information content (AvgIpc) is 2.83. The van der Waals surface area contributed by atoms with Crippen molar-refractivity contribution in [2.45, 2.75) is 51.4 Å². The summed E-state index contributed by atoms with van der Waals surface area (Å²) in [4.78, 5) is 17.3. The lowest BCUT2D eigenvalue weighted by Crippen LogP contribution is -2.38. The Bertz CT molecular complexity index is 480. The zero-order chi connectivity index (χ0) is 15.4. The highest BCUT2D eigenvalue weighted by molar-refractivity contribution is 7.14. The molecule has 1 N–H and O–H groups in total. The third kappa shape index (κ3) is 3.72. The van der Waals surface area contributed by atoms with E-state index in [9.17, 15) is 4.79 Å². The first-order valence-corrected chi connectivity index (χ1v) is 9.65. The number of likely N-dealkylation sites (tertiary alicyclic amines) is 1. The first kappa shape index (κ1) is 16.0. The van der Waals surface area contributed by atoms with Crippen LogP contribution in [0.4, 0.5) is 0 Å². The molecule has 0 radical (unpaired) electrons. The molecule has 3 nitrogen and oxygen atoms in total. The lowest BCUT2D eigenvalue weighted by Gasteiger charge is -2.31. The van der Waals surface area contributed by atoms with Gasteiger partial charge in [-0.05, 0) is 76.1 Å². The van der Waals surface area contributed by atoms with Crippen LogP contribution in [0, 0.1) is 5.92 Å². The molecule has 1 aliphatic carbocycles. The van der Waals surface area contributed by atoms with Gasteiger partial charge in [-0.2, -0.15) is 0 Å². The molecule has 1 aromatic heterocycles. The van der Waals surface area contributed by atoms with E-state index in [1.54, 1.807) is 11.3 Å². The second-order valence-corrected chi connectivity index (χ2v) is 7.88. The molecule has 0 spiro atoms. The van der Waals surface area contributed by atoms with E-state index in [0.717, 1.165) is 30.4 Å². The van der Waals surface area contributed by atoms with Crippen LogP contribution in [-0.4, -0.2) is 37.5 Å². The summed E-state index contributed by atoms with van der Waals surface area (Å²) in [6.45, 7) is 2.97. The Hall–Kier alpha value is -0.870. The van der Waals surface area contributed by atoms with Crippen molar-refractivity contribution in [3.8, 4) is 0 Å². The Morgan fingerprint density at radius 2 is 2.05 bits per heavy atom. The molecular formula is C18H28N2OS. The van der Waals surface area contributed by atoms with Gasteiger partial charge in [0.15, 0.2) is 0 Å². The fourth-order valence-corrected chi connectivity index (χ4v) is 4.92. The van der Waals surface area contributed by atoms with Crippen LogP contribution < -0.4 is 5.32 Å². The van der Waals surface area contributed by atoms with Crippen LogP contribution in [0.15, 0.2) is 6.07 Å². The molecular weight excluding hydrogens is 292 g/mol. The number of rotatable bonds is 4. The van der Waals surface area contributed by atoms with Crippen LogP contribution in [0.2, 0.25) is 0 Å². The first-order valence-electron chi connectivity index (χ1n) is 8.83. The van der Waals surface area contributed by atoms with Crippen molar-refractivity contribution in [3.05, 3.63) is 21.4 Å². The molecule has 1 saturated heterocycles. The van der Waals surface area contributed by atoms with Gasteiger partial charge in [-0.1, -0.05) is 6.42 Å². The van der Waals surface area contributed by atoms with Crippen LogP contribution in [0.1, 0.15) is 58.6 Å². The Labute approximate surface area is 138 Å². The molecule has 0 unspecified atom stereocenters. The zero-order valence-electron chi connectivity index (χ0n) is 13.7. The van der Waals surface area contributed by atoms with E-state index in [-0.39, 0.29) is 5.91 Å². The Morgan fingerprint density at radius 1 is 1.27 bits per heavy atom. The maximum absolute atomic E-state index is 12.7. The van der Waals surface area contributed by atoms with E-state index in [1.807, 2.05) is 7.05 Å². The van der Waals surface area contributed by atoms with Gasteiger partial charge >= 0.3 is 0 Å². The molecule has 22 heavy (non-hydrogen) atoms. The molecule has 1 aliphatic heterocycles. The van der Waals surface area contributed by atoms with Crippen molar-refractivity contribution < 1.29 is 4.79 Å². The van der Waals surface area contributed by atoms with E-state index in [2.05, 4.69) is 16.3 Å². The predicted octanol–water partition coefficient (Wildman–Crippen LogP) is 3.48. The zero-order valence-corrected chi connectivity index (χ0v) is 14.5. The van der Waals surface area contributed by atoms with Gasteiger partial charge in [-0.25, -0.2) is 0 Å². The van der Waals surface area contributed by atoms with Crippen molar-refractivity contribution in [2.75, 3.05) is 26.7 Å². The maximum atomic E-state index is 12.7. The summed E-state index contributed by atoms with van der Waals surface area (Å²) < 4.78 is 0. The quantitative estimate of drug-likeness (QED) is 0.862. The monoisotopic (exact) mass is 320 g/mol. The summed E-state index contributed by atoms with van der Waals surface area (Å²) in [6, 6.07) is 2.20. The van der Waals surface area contributed by atoms with Crippen LogP contribution in [0.3, 0.4) is 0 Å². The second-order valence-electron chi connectivity index (χ2n) is 6.75. The number of hydrogen-bond donors (Lipinski definition) is 1. The Morgan fingerprint density at radius 3 is 2.82 bits per heavy atom. The minimum atomic E-state index is 0.283. The molecule has 122 valence electrons. The van der Waals surface area contributed by atoms with Gasteiger partial charge in [-0.15, -0.1) is 11.3 Å². The van der Waals surface area contributed by atoms with E-state index < -0.39 is 0 Å². The van der Waals surface area contributed by atoms with Crippen LogP contribution in [0.25, 0.3) is 0 Å². The van der Waals surface area contributed by atoms with Gasteiger partial charge in [-0.3, -0.25) is 4.79 Å². The Kier molecular flexibility index (Phi) is 5.53. The lowest BCUT2D eigenvalue weighted by atomic mass is 9.93. The molecule has 1 fully saturated rings. The third-order valence-corrected chi connectivity index (χ3v) is 6.39. The number of amides is 1. The van der Waals surface area contributed by atoms with Crippen molar-refractivity contribution >= 4 is 17.2 Å². The highest BCUT2D eigenvalue weighted by Crippen LogP contribution is 2.30. The van der Waals surface area contributed by atoms with Crippen molar-refractivity contribution in [3.63, 3.8) is 0 Å². The largest absolute Gasteiger partial charge is 0.338 e. The highest BCUT2D eigenvalue weighted by Gasteiger charge is 2.25. The fraction of sp³-hybridized carbons (Fsp3) is 0.722. The number of nitrogens with zero attached hydrogens (tertiary/aromatic N) is 1. The molecule has 3 rings (SSSR count). The number of nitrogens with one attached hydrogen (secondary N) is 1. The summed E-state index contributed by atoms with van der Waals surface area (Å²) >= 11 is 1.76. The van der Waals surface area contributed by atoms with Crippen LogP contribution in [-0.2, 0) is 12.8 Å². The molecule has 2 heterocycles. The number of carbonyl (C=O) groups is 1. The summed E-state index contributed by atoms with van der Waals surface area (Å²) in [5.41, 5.74) is 1.45. The van der Waals surface area contributed by atoms with Gasteiger partial charge < -0.3 is 10.2 Å². The van der Waals surface area contributed by atoms with Crippen molar-refractivity contribution in [1.29, 1.82) is 0 Å². The molecule has 1 aromatic rings. The number of carbonyl (C=O) groups excluding carboxylic acids is 1. The predicted molar refractivity (Wildman–Crippen MR) is 92.7 cm³/mol. The summed E-state index contributed by atoms with van der Waals surface area (Å²) in [5, 5.41) is 3.23. The SMILES string of the molecule is CNCCC1CCN(C(=O)c2cc3c(s2)CCCCC3)CC1. The number of aryl methyl sites for hydroxylation is 2. The van der Waals surface area contributed by atoms with E-state index in [4.69, 9.17) is 0 Å². The van der Waals surface area contributed by atoms with Crippen molar-refractivity contribution in [1.82, 2.24) is 10.2 Å². The highest BCUT2D eigenvalue weighted by atomic mass is 32.1.